The third-order valence-corrected chi connectivity index (χ3v) is 3.59. The summed E-state index contributed by atoms with van der Waals surface area (Å²) < 4.78 is 15.2. The number of amides is 1. The van der Waals surface area contributed by atoms with Crippen molar-refractivity contribution in [3.8, 4) is 5.69 Å². The molecule has 0 aliphatic carbocycles. The zero-order chi connectivity index (χ0) is 16.2. The Bertz CT molecular complexity index is 827. The Morgan fingerprint density at radius 1 is 1.22 bits per heavy atom. The summed E-state index contributed by atoms with van der Waals surface area (Å²) in [6, 6.07) is 14.4. The smallest absolute Gasteiger partial charge is 0.270 e. The van der Waals surface area contributed by atoms with Crippen molar-refractivity contribution >= 4 is 5.91 Å². The SMILES string of the molecule is Cc1ccc(CNC(=O)c2cncn2-c2ccccc2)cc1F. The molecule has 116 valence electrons. The number of rotatable bonds is 4. The Morgan fingerprint density at radius 3 is 2.74 bits per heavy atom. The Balaban J connectivity index is 1.74. The lowest BCUT2D eigenvalue weighted by atomic mass is 10.1. The molecule has 0 saturated heterocycles. The second-order valence-corrected chi connectivity index (χ2v) is 5.25. The number of carbonyl (C=O) groups excluding carboxylic acids is 1. The van der Waals surface area contributed by atoms with E-state index in [1.165, 1.54) is 12.3 Å². The van der Waals surface area contributed by atoms with E-state index in [2.05, 4.69) is 10.3 Å². The van der Waals surface area contributed by atoms with Gasteiger partial charge in [-0.15, -0.1) is 0 Å². The molecule has 5 heteroatoms. The minimum absolute atomic E-state index is 0.257. The van der Waals surface area contributed by atoms with Gasteiger partial charge in [-0.3, -0.25) is 9.36 Å². The minimum atomic E-state index is -0.272. The second kappa shape index (κ2) is 6.44. The standard InChI is InChI=1S/C18H16FN3O/c1-13-7-8-14(9-16(13)19)10-21-18(23)17-11-20-12-22(17)15-5-3-2-4-6-15/h2-9,11-12H,10H2,1H3,(H,21,23). The first kappa shape index (κ1) is 15.0. The van der Waals surface area contributed by atoms with E-state index in [0.717, 1.165) is 5.69 Å². The van der Waals surface area contributed by atoms with E-state index in [-0.39, 0.29) is 18.3 Å². The number of nitrogens with one attached hydrogen (secondary N) is 1. The molecule has 0 bridgehead atoms. The van der Waals surface area contributed by atoms with Crippen molar-refractivity contribution in [2.75, 3.05) is 0 Å². The van der Waals surface area contributed by atoms with Crippen LogP contribution in [0, 0.1) is 12.7 Å². The van der Waals surface area contributed by atoms with Gasteiger partial charge in [-0.05, 0) is 36.2 Å². The van der Waals surface area contributed by atoms with Crippen LogP contribution in [0.4, 0.5) is 4.39 Å². The van der Waals surface area contributed by atoms with E-state index in [1.54, 1.807) is 30.0 Å². The Labute approximate surface area is 133 Å². The third kappa shape index (κ3) is 3.29. The van der Waals surface area contributed by atoms with Gasteiger partial charge in [-0.25, -0.2) is 9.37 Å². The van der Waals surface area contributed by atoms with E-state index in [9.17, 15) is 9.18 Å². The average molecular weight is 309 g/mol. The van der Waals surface area contributed by atoms with Crippen molar-refractivity contribution in [1.82, 2.24) is 14.9 Å². The van der Waals surface area contributed by atoms with E-state index in [0.29, 0.717) is 16.8 Å². The molecule has 0 fully saturated rings. The maximum Gasteiger partial charge on any atom is 0.270 e. The van der Waals surface area contributed by atoms with Crippen molar-refractivity contribution in [1.29, 1.82) is 0 Å². The highest BCUT2D eigenvalue weighted by Gasteiger charge is 2.12. The largest absolute Gasteiger partial charge is 0.347 e. The molecule has 0 aliphatic heterocycles. The fraction of sp³-hybridized carbons (Fsp3) is 0.111. The first-order chi connectivity index (χ1) is 11.1. The summed E-state index contributed by atoms with van der Waals surface area (Å²) in [5, 5.41) is 2.79. The normalized spacial score (nSPS) is 10.5. The molecule has 3 aromatic rings. The van der Waals surface area contributed by atoms with Crippen LogP contribution in [-0.4, -0.2) is 15.5 Å². The van der Waals surface area contributed by atoms with E-state index in [1.807, 2.05) is 30.3 Å². The van der Waals surface area contributed by atoms with E-state index >= 15 is 0 Å². The summed E-state index contributed by atoms with van der Waals surface area (Å²) >= 11 is 0. The molecule has 1 amide bonds. The summed E-state index contributed by atoms with van der Waals surface area (Å²) in [5.74, 6) is -0.529. The van der Waals surface area contributed by atoms with Crippen molar-refractivity contribution < 1.29 is 9.18 Å². The Morgan fingerprint density at radius 2 is 2.00 bits per heavy atom. The molecule has 0 radical (unpaired) electrons. The molecular weight excluding hydrogens is 293 g/mol. The van der Waals surface area contributed by atoms with Gasteiger partial charge in [0.05, 0.1) is 12.5 Å². The number of aryl methyl sites for hydroxylation is 1. The quantitative estimate of drug-likeness (QED) is 0.804. The summed E-state index contributed by atoms with van der Waals surface area (Å²) in [5.41, 5.74) is 2.59. The molecule has 1 aromatic heterocycles. The highest BCUT2D eigenvalue weighted by atomic mass is 19.1. The summed E-state index contributed by atoms with van der Waals surface area (Å²) in [4.78, 5) is 16.4. The first-order valence-corrected chi connectivity index (χ1v) is 7.26. The molecule has 0 unspecified atom stereocenters. The highest BCUT2D eigenvalue weighted by molar-refractivity contribution is 5.92. The predicted octanol–water partition coefficient (Wildman–Crippen LogP) is 3.25. The minimum Gasteiger partial charge on any atom is -0.347 e. The highest BCUT2D eigenvalue weighted by Crippen LogP contribution is 2.12. The molecule has 1 N–H and O–H groups in total. The molecule has 3 rings (SSSR count). The Hall–Kier alpha value is -2.95. The van der Waals surface area contributed by atoms with Gasteiger partial charge in [0, 0.05) is 12.2 Å². The summed E-state index contributed by atoms with van der Waals surface area (Å²) in [6.07, 6.45) is 3.11. The van der Waals surface area contributed by atoms with Gasteiger partial charge in [0.2, 0.25) is 0 Å². The predicted molar refractivity (Wildman–Crippen MR) is 85.9 cm³/mol. The zero-order valence-electron chi connectivity index (χ0n) is 12.7. The molecule has 2 aromatic carbocycles. The number of hydrogen-bond donors (Lipinski definition) is 1. The maximum atomic E-state index is 13.5. The lowest BCUT2D eigenvalue weighted by molar-refractivity contribution is 0.0944. The van der Waals surface area contributed by atoms with Gasteiger partial charge >= 0.3 is 0 Å². The van der Waals surface area contributed by atoms with Crippen LogP contribution in [-0.2, 0) is 6.54 Å². The molecule has 0 atom stereocenters. The van der Waals surface area contributed by atoms with Crippen LogP contribution in [0.15, 0.2) is 61.1 Å². The van der Waals surface area contributed by atoms with Crippen molar-refractivity contribution in [3.63, 3.8) is 0 Å². The monoisotopic (exact) mass is 309 g/mol. The van der Waals surface area contributed by atoms with E-state index in [4.69, 9.17) is 0 Å². The van der Waals surface area contributed by atoms with Gasteiger partial charge < -0.3 is 5.32 Å². The second-order valence-electron chi connectivity index (χ2n) is 5.25. The summed E-state index contributed by atoms with van der Waals surface area (Å²) in [6.45, 7) is 1.96. The number of halogens is 1. The van der Waals surface area contributed by atoms with Gasteiger partial charge in [0.25, 0.3) is 5.91 Å². The Kier molecular flexibility index (Phi) is 4.19. The van der Waals surface area contributed by atoms with Crippen molar-refractivity contribution in [2.45, 2.75) is 13.5 Å². The topological polar surface area (TPSA) is 46.9 Å². The van der Waals surface area contributed by atoms with Crippen LogP contribution in [0.2, 0.25) is 0 Å². The zero-order valence-corrected chi connectivity index (χ0v) is 12.7. The van der Waals surface area contributed by atoms with Crippen LogP contribution >= 0.6 is 0 Å². The molecule has 0 aliphatic rings. The number of para-hydroxylation sites is 1. The number of imidazole rings is 1. The molecule has 0 spiro atoms. The van der Waals surface area contributed by atoms with Crippen LogP contribution in [0.3, 0.4) is 0 Å². The number of hydrogen-bond acceptors (Lipinski definition) is 2. The molecular formula is C18H16FN3O. The maximum absolute atomic E-state index is 13.5. The number of benzene rings is 2. The molecule has 1 heterocycles. The first-order valence-electron chi connectivity index (χ1n) is 7.26. The fourth-order valence-electron chi connectivity index (χ4n) is 2.28. The van der Waals surface area contributed by atoms with Crippen LogP contribution in [0.25, 0.3) is 5.69 Å². The van der Waals surface area contributed by atoms with Crippen LogP contribution in [0.5, 0.6) is 0 Å². The van der Waals surface area contributed by atoms with Crippen LogP contribution < -0.4 is 5.32 Å². The fourth-order valence-corrected chi connectivity index (χ4v) is 2.28. The lowest BCUT2D eigenvalue weighted by Gasteiger charge is -2.09. The average Bonchev–Trinajstić information content (AvgIpc) is 3.06. The summed E-state index contributed by atoms with van der Waals surface area (Å²) in [7, 11) is 0. The molecule has 4 nitrogen and oxygen atoms in total. The number of carbonyl (C=O) groups is 1. The number of aromatic nitrogens is 2. The van der Waals surface area contributed by atoms with Gasteiger partial charge in [-0.2, -0.15) is 0 Å². The van der Waals surface area contributed by atoms with Crippen molar-refractivity contribution in [2.24, 2.45) is 0 Å². The van der Waals surface area contributed by atoms with Gasteiger partial charge in [-0.1, -0.05) is 30.3 Å². The van der Waals surface area contributed by atoms with Gasteiger partial charge in [0.1, 0.15) is 11.5 Å². The van der Waals surface area contributed by atoms with Crippen molar-refractivity contribution in [3.05, 3.63) is 83.7 Å². The van der Waals surface area contributed by atoms with Gasteiger partial charge in [0.15, 0.2) is 0 Å². The van der Waals surface area contributed by atoms with E-state index < -0.39 is 0 Å². The molecule has 23 heavy (non-hydrogen) atoms. The molecule has 0 saturated carbocycles. The lowest BCUT2D eigenvalue weighted by Crippen LogP contribution is -2.25. The third-order valence-electron chi connectivity index (χ3n) is 3.59. The number of nitrogens with zero attached hydrogens (tertiary/aromatic N) is 2. The van der Waals surface area contributed by atoms with Crippen LogP contribution in [0.1, 0.15) is 21.6 Å².